The van der Waals surface area contributed by atoms with Crippen molar-refractivity contribution in [2.45, 2.75) is 33.8 Å². The molecule has 5 heteroatoms. The molecule has 0 aliphatic heterocycles. The van der Waals surface area contributed by atoms with Gasteiger partial charge in [0.1, 0.15) is 5.75 Å². The van der Waals surface area contributed by atoms with Gasteiger partial charge in [-0.25, -0.2) is 4.98 Å². The van der Waals surface area contributed by atoms with Crippen LogP contribution >= 0.6 is 11.3 Å². The van der Waals surface area contributed by atoms with Gasteiger partial charge in [0.15, 0.2) is 5.13 Å². The molecule has 0 atom stereocenters. The molecule has 0 radical (unpaired) electrons. The third-order valence-corrected chi connectivity index (χ3v) is 3.54. The minimum absolute atomic E-state index is 0.0171. The molecule has 21 heavy (non-hydrogen) atoms. The summed E-state index contributed by atoms with van der Waals surface area (Å²) in [6.07, 6.45) is 0.160. The summed E-state index contributed by atoms with van der Waals surface area (Å²) in [6.45, 7) is 7.71. The van der Waals surface area contributed by atoms with E-state index in [9.17, 15) is 4.79 Å². The highest BCUT2D eigenvalue weighted by atomic mass is 32.1. The van der Waals surface area contributed by atoms with Crippen LogP contribution in [0.4, 0.5) is 5.13 Å². The van der Waals surface area contributed by atoms with E-state index in [4.69, 9.17) is 4.74 Å². The molecule has 1 N–H and O–H groups in total. The first-order chi connectivity index (χ1) is 9.95. The van der Waals surface area contributed by atoms with E-state index in [1.54, 1.807) is 0 Å². The number of ether oxygens (including phenoxy) is 1. The molecule has 4 nitrogen and oxygen atoms in total. The van der Waals surface area contributed by atoms with Crippen LogP contribution in [0.25, 0.3) is 11.3 Å². The number of nitrogens with zero attached hydrogens (tertiary/aromatic N) is 1. The van der Waals surface area contributed by atoms with E-state index in [0.717, 1.165) is 17.0 Å². The van der Waals surface area contributed by atoms with Crippen molar-refractivity contribution in [1.82, 2.24) is 4.98 Å². The Bertz CT molecular complexity index is 603. The van der Waals surface area contributed by atoms with Crippen LogP contribution in [0.2, 0.25) is 0 Å². The monoisotopic (exact) mass is 304 g/mol. The predicted octanol–water partition coefficient (Wildman–Crippen LogP) is 4.19. The maximum absolute atomic E-state index is 11.6. The highest BCUT2D eigenvalue weighted by molar-refractivity contribution is 7.14. The van der Waals surface area contributed by atoms with Gasteiger partial charge in [-0.2, -0.15) is 0 Å². The minimum Gasteiger partial charge on any atom is -0.491 e. The first-order valence-corrected chi connectivity index (χ1v) is 7.87. The van der Waals surface area contributed by atoms with Crippen molar-refractivity contribution in [3.8, 4) is 17.0 Å². The molecule has 0 bridgehead atoms. The van der Waals surface area contributed by atoms with Gasteiger partial charge in [0.25, 0.3) is 0 Å². The second-order valence-corrected chi connectivity index (χ2v) is 6.23. The van der Waals surface area contributed by atoms with Crippen LogP contribution in [0.1, 0.15) is 27.7 Å². The SMILES string of the molecule is CC(C)Oc1ccc(-c2csc(NC(=O)C(C)C)n2)cc1. The van der Waals surface area contributed by atoms with Crippen LogP contribution < -0.4 is 10.1 Å². The van der Waals surface area contributed by atoms with Crippen LogP contribution in [0, 0.1) is 5.92 Å². The first kappa shape index (κ1) is 15.5. The van der Waals surface area contributed by atoms with E-state index < -0.39 is 0 Å². The van der Waals surface area contributed by atoms with E-state index >= 15 is 0 Å². The highest BCUT2D eigenvalue weighted by Crippen LogP contribution is 2.27. The third kappa shape index (κ3) is 4.29. The van der Waals surface area contributed by atoms with E-state index in [1.165, 1.54) is 11.3 Å². The zero-order valence-electron chi connectivity index (χ0n) is 12.7. The largest absolute Gasteiger partial charge is 0.491 e. The van der Waals surface area contributed by atoms with Gasteiger partial charge in [-0.3, -0.25) is 4.79 Å². The van der Waals surface area contributed by atoms with Gasteiger partial charge < -0.3 is 10.1 Å². The van der Waals surface area contributed by atoms with Crippen LogP contribution in [0.3, 0.4) is 0 Å². The Balaban J connectivity index is 2.09. The zero-order chi connectivity index (χ0) is 15.4. The summed E-state index contributed by atoms with van der Waals surface area (Å²) in [5.74, 6) is 0.777. The number of carbonyl (C=O) groups is 1. The number of anilines is 1. The summed E-state index contributed by atoms with van der Waals surface area (Å²) < 4.78 is 5.61. The number of benzene rings is 1. The van der Waals surface area contributed by atoms with Gasteiger partial charge in [-0.15, -0.1) is 11.3 Å². The highest BCUT2D eigenvalue weighted by Gasteiger charge is 2.11. The summed E-state index contributed by atoms with van der Waals surface area (Å²) in [6, 6.07) is 7.81. The van der Waals surface area contributed by atoms with Crippen LogP contribution in [0.15, 0.2) is 29.6 Å². The number of thiazole rings is 1. The number of hydrogen-bond donors (Lipinski definition) is 1. The molecule has 0 spiro atoms. The number of carbonyl (C=O) groups excluding carboxylic acids is 1. The number of nitrogens with one attached hydrogen (secondary N) is 1. The Morgan fingerprint density at radius 1 is 1.19 bits per heavy atom. The van der Waals surface area contributed by atoms with E-state index in [0.29, 0.717) is 5.13 Å². The quantitative estimate of drug-likeness (QED) is 0.901. The standard InChI is InChI=1S/C16H20N2O2S/c1-10(2)15(19)18-16-17-14(9-21-16)12-5-7-13(8-6-12)20-11(3)4/h5-11H,1-4H3,(H,17,18,19). The molecular weight excluding hydrogens is 284 g/mol. The van der Waals surface area contributed by atoms with Gasteiger partial charge in [-0.1, -0.05) is 13.8 Å². The van der Waals surface area contributed by atoms with Crippen molar-refractivity contribution < 1.29 is 9.53 Å². The Labute approximate surface area is 129 Å². The molecule has 0 aliphatic rings. The summed E-state index contributed by atoms with van der Waals surface area (Å²) >= 11 is 1.43. The Kier molecular flexibility index (Phi) is 4.96. The molecule has 0 saturated carbocycles. The molecule has 0 saturated heterocycles. The molecule has 2 aromatic rings. The van der Waals surface area contributed by atoms with E-state index in [-0.39, 0.29) is 17.9 Å². The summed E-state index contributed by atoms with van der Waals surface area (Å²) in [4.78, 5) is 16.1. The van der Waals surface area contributed by atoms with Gasteiger partial charge >= 0.3 is 0 Å². The van der Waals surface area contributed by atoms with Crippen LogP contribution in [-0.2, 0) is 4.79 Å². The number of amides is 1. The summed E-state index contributed by atoms with van der Waals surface area (Å²) in [5, 5.41) is 5.38. The molecule has 0 aliphatic carbocycles. The zero-order valence-corrected chi connectivity index (χ0v) is 13.5. The van der Waals surface area contributed by atoms with Gasteiger partial charge in [-0.05, 0) is 38.1 Å². The molecule has 1 amide bonds. The van der Waals surface area contributed by atoms with Crippen molar-refractivity contribution >= 4 is 22.4 Å². The smallest absolute Gasteiger partial charge is 0.228 e. The molecule has 0 fully saturated rings. The molecule has 1 aromatic heterocycles. The average molecular weight is 304 g/mol. The number of hydrogen-bond acceptors (Lipinski definition) is 4. The summed E-state index contributed by atoms with van der Waals surface area (Å²) in [5.41, 5.74) is 1.86. The molecule has 0 unspecified atom stereocenters. The fraction of sp³-hybridized carbons (Fsp3) is 0.375. The first-order valence-electron chi connectivity index (χ1n) is 6.99. The van der Waals surface area contributed by atoms with Gasteiger partial charge in [0, 0.05) is 16.9 Å². The average Bonchev–Trinajstić information content (AvgIpc) is 2.87. The Morgan fingerprint density at radius 2 is 1.86 bits per heavy atom. The van der Waals surface area contributed by atoms with Crippen LogP contribution in [-0.4, -0.2) is 17.0 Å². The maximum Gasteiger partial charge on any atom is 0.228 e. The van der Waals surface area contributed by atoms with Crippen molar-refractivity contribution in [2.75, 3.05) is 5.32 Å². The molecule has 112 valence electrons. The van der Waals surface area contributed by atoms with Crippen molar-refractivity contribution in [3.05, 3.63) is 29.6 Å². The Morgan fingerprint density at radius 3 is 2.43 bits per heavy atom. The minimum atomic E-state index is -0.0511. The fourth-order valence-corrected chi connectivity index (χ4v) is 2.41. The summed E-state index contributed by atoms with van der Waals surface area (Å²) in [7, 11) is 0. The van der Waals surface area contributed by atoms with Crippen molar-refractivity contribution in [3.63, 3.8) is 0 Å². The lowest BCUT2D eigenvalue weighted by molar-refractivity contribution is -0.118. The van der Waals surface area contributed by atoms with Gasteiger partial charge in [0.05, 0.1) is 11.8 Å². The van der Waals surface area contributed by atoms with E-state index in [1.807, 2.05) is 57.3 Å². The molecule has 1 aromatic carbocycles. The lowest BCUT2D eigenvalue weighted by Gasteiger charge is -2.09. The molecular formula is C16H20N2O2S. The predicted molar refractivity (Wildman–Crippen MR) is 86.8 cm³/mol. The Hall–Kier alpha value is -1.88. The normalized spacial score (nSPS) is 11.0. The third-order valence-electron chi connectivity index (χ3n) is 2.78. The fourth-order valence-electron chi connectivity index (χ4n) is 1.69. The van der Waals surface area contributed by atoms with Crippen molar-refractivity contribution in [1.29, 1.82) is 0 Å². The second-order valence-electron chi connectivity index (χ2n) is 5.37. The molecule has 2 rings (SSSR count). The lowest BCUT2D eigenvalue weighted by atomic mass is 10.2. The molecule has 1 heterocycles. The van der Waals surface area contributed by atoms with E-state index in [2.05, 4.69) is 10.3 Å². The number of rotatable bonds is 5. The van der Waals surface area contributed by atoms with Gasteiger partial charge in [0.2, 0.25) is 5.91 Å². The second kappa shape index (κ2) is 6.72. The topological polar surface area (TPSA) is 51.2 Å². The van der Waals surface area contributed by atoms with Crippen molar-refractivity contribution in [2.24, 2.45) is 5.92 Å². The maximum atomic E-state index is 11.6. The van der Waals surface area contributed by atoms with Crippen LogP contribution in [0.5, 0.6) is 5.75 Å². The number of aromatic nitrogens is 1. The lowest BCUT2D eigenvalue weighted by Crippen LogP contribution is -2.17.